The summed E-state index contributed by atoms with van der Waals surface area (Å²) in [5, 5.41) is 0. The molecule has 1 aliphatic heterocycles. The maximum Gasteiger partial charge on any atom is 0.267 e. The molecule has 150 valence electrons. The Balaban J connectivity index is 1.45. The highest BCUT2D eigenvalue weighted by Gasteiger charge is 2.31. The summed E-state index contributed by atoms with van der Waals surface area (Å²) in [5.41, 5.74) is 1.27. The maximum atomic E-state index is 13.3. The van der Waals surface area contributed by atoms with Gasteiger partial charge in [-0.1, -0.05) is 42.5 Å². The molecule has 0 spiro atoms. The molecule has 0 saturated heterocycles. The van der Waals surface area contributed by atoms with Crippen LogP contribution in [0.1, 0.15) is 17.8 Å². The Morgan fingerprint density at radius 2 is 1.90 bits per heavy atom. The van der Waals surface area contributed by atoms with Gasteiger partial charge in [0.15, 0.2) is 11.5 Å². The number of imidazole rings is 1. The van der Waals surface area contributed by atoms with Gasteiger partial charge in [-0.3, -0.25) is 4.79 Å². The first-order valence-electron chi connectivity index (χ1n) is 9.88. The van der Waals surface area contributed by atoms with Crippen LogP contribution >= 0.6 is 0 Å². The molecule has 1 atom stereocenters. The second kappa shape index (κ2) is 8.82. The van der Waals surface area contributed by atoms with Crippen LogP contribution in [-0.2, 0) is 24.8 Å². The van der Waals surface area contributed by atoms with Crippen LogP contribution in [0, 0.1) is 0 Å². The van der Waals surface area contributed by atoms with Crippen molar-refractivity contribution in [2.24, 2.45) is 7.05 Å². The second-order valence-corrected chi connectivity index (χ2v) is 7.17. The van der Waals surface area contributed by atoms with Crippen molar-refractivity contribution in [2.75, 3.05) is 13.2 Å². The Bertz CT molecular complexity index is 955. The van der Waals surface area contributed by atoms with Crippen molar-refractivity contribution in [1.29, 1.82) is 0 Å². The van der Waals surface area contributed by atoms with Crippen molar-refractivity contribution in [3.05, 3.63) is 78.4 Å². The Labute approximate surface area is 170 Å². The summed E-state index contributed by atoms with van der Waals surface area (Å²) in [4.78, 5) is 19.5. The van der Waals surface area contributed by atoms with E-state index < -0.39 is 6.10 Å². The lowest BCUT2D eigenvalue weighted by Gasteiger charge is -2.30. The van der Waals surface area contributed by atoms with E-state index in [1.807, 2.05) is 65.2 Å². The van der Waals surface area contributed by atoms with E-state index in [2.05, 4.69) is 17.1 Å². The molecule has 0 radical (unpaired) electrons. The van der Waals surface area contributed by atoms with Gasteiger partial charge in [0.25, 0.3) is 5.91 Å². The fraction of sp³-hybridized carbons (Fsp3) is 0.304. The summed E-state index contributed by atoms with van der Waals surface area (Å²) >= 11 is 0. The lowest BCUT2D eigenvalue weighted by atomic mass is 10.1. The fourth-order valence-corrected chi connectivity index (χ4v) is 3.45. The first-order chi connectivity index (χ1) is 14.2. The summed E-state index contributed by atoms with van der Waals surface area (Å²) in [7, 11) is 1.94. The first kappa shape index (κ1) is 19.1. The molecule has 6 nitrogen and oxygen atoms in total. The minimum Gasteiger partial charge on any atom is -0.485 e. The zero-order valence-electron chi connectivity index (χ0n) is 16.5. The van der Waals surface area contributed by atoms with Gasteiger partial charge in [0.2, 0.25) is 6.10 Å². The molecule has 0 aliphatic carbocycles. The molecule has 0 saturated carbocycles. The molecule has 1 aliphatic rings. The van der Waals surface area contributed by atoms with Crippen LogP contribution in [-0.4, -0.2) is 39.6 Å². The summed E-state index contributed by atoms with van der Waals surface area (Å²) in [5.74, 6) is 2.06. The minimum atomic E-state index is -0.651. The zero-order valence-corrected chi connectivity index (χ0v) is 16.5. The molecule has 4 rings (SSSR count). The molecule has 29 heavy (non-hydrogen) atoms. The van der Waals surface area contributed by atoms with E-state index >= 15 is 0 Å². The van der Waals surface area contributed by atoms with E-state index in [-0.39, 0.29) is 12.5 Å². The van der Waals surface area contributed by atoms with Crippen LogP contribution in [0.5, 0.6) is 11.5 Å². The summed E-state index contributed by atoms with van der Waals surface area (Å²) < 4.78 is 13.6. The van der Waals surface area contributed by atoms with Crippen LogP contribution in [0.15, 0.2) is 67.0 Å². The number of fused-ring (bicyclic) bond motifs is 1. The monoisotopic (exact) mass is 391 g/mol. The number of aromatic nitrogens is 2. The molecule has 2 heterocycles. The Morgan fingerprint density at radius 1 is 1.14 bits per heavy atom. The molecule has 6 heteroatoms. The summed E-state index contributed by atoms with van der Waals surface area (Å²) in [6, 6.07) is 17.8. The summed E-state index contributed by atoms with van der Waals surface area (Å²) in [6.45, 7) is 1.28. The molecule has 0 fully saturated rings. The predicted molar refractivity (Wildman–Crippen MR) is 110 cm³/mol. The average molecular weight is 391 g/mol. The Kier molecular flexibility index (Phi) is 5.79. The van der Waals surface area contributed by atoms with Gasteiger partial charge < -0.3 is 18.9 Å². The fourth-order valence-electron chi connectivity index (χ4n) is 3.45. The number of amides is 1. The SMILES string of the molecule is Cn1ccnc1CN(CCCc1ccccc1)C(=O)[C@@H]1COc2ccccc2O1. The van der Waals surface area contributed by atoms with Crippen LogP contribution in [0.4, 0.5) is 0 Å². The highest BCUT2D eigenvalue weighted by atomic mass is 16.6. The van der Waals surface area contributed by atoms with Gasteiger partial charge in [0.05, 0.1) is 6.54 Å². The number of hydrogen-bond acceptors (Lipinski definition) is 4. The number of benzene rings is 2. The highest BCUT2D eigenvalue weighted by Crippen LogP contribution is 2.31. The topological polar surface area (TPSA) is 56.6 Å². The number of carbonyl (C=O) groups excluding carboxylic acids is 1. The van der Waals surface area contributed by atoms with E-state index in [9.17, 15) is 4.79 Å². The van der Waals surface area contributed by atoms with E-state index in [4.69, 9.17) is 9.47 Å². The number of nitrogens with zero attached hydrogens (tertiary/aromatic N) is 3. The van der Waals surface area contributed by atoms with E-state index in [1.165, 1.54) is 5.56 Å². The van der Waals surface area contributed by atoms with Gasteiger partial charge in [-0.2, -0.15) is 0 Å². The third-order valence-electron chi connectivity index (χ3n) is 5.09. The predicted octanol–water partition coefficient (Wildman–Crippen LogP) is 3.22. The van der Waals surface area contributed by atoms with Gasteiger partial charge in [0.1, 0.15) is 12.4 Å². The molecule has 0 bridgehead atoms. The molecule has 1 amide bonds. The average Bonchev–Trinajstić information content (AvgIpc) is 3.17. The first-order valence-corrected chi connectivity index (χ1v) is 9.88. The number of rotatable bonds is 7. The van der Waals surface area contributed by atoms with E-state index in [1.54, 1.807) is 6.20 Å². The molecule has 1 aromatic heterocycles. The van der Waals surface area contributed by atoms with Crippen LogP contribution in [0.25, 0.3) is 0 Å². The van der Waals surface area contributed by atoms with Crippen molar-refractivity contribution >= 4 is 5.91 Å². The Morgan fingerprint density at radius 3 is 2.66 bits per heavy atom. The number of ether oxygens (including phenoxy) is 2. The van der Waals surface area contributed by atoms with Gasteiger partial charge in [-0.05, 0) is 30.5 Å². The molecule has 0 unspecified atom stereocenters. The lowest BCUT2D eigenvalue weighted by molar-refractivity contribution is -0.142. The zero-order chi connectivity index (χ0) is 20.1. The number of carbonyl (C=O) groups is 1. The molecular weight excluding hydrogens is 366 g/mol. The normalized spacial score (nSPS) is 15.1. The Hall–Kier alpha value is -3.28. The van der Waals surface area contributed by atoms with Crippen molar-refractivity contribution in [3.63, 3.8) is 0 Å². The third-order valence-corrected chi connectivity index (χ3v) is 5.09. The van der Waals surface area contributed by atoms with Crippen LogP contribution in [0.2, 0.25) is 0 Å². The second-order valence-electron chi connectivity index (χ2n) is 7.17. The quantitative estimate of drug-likeness (QED) is 0.621. The largest absolute Gasteiger partial charge is 0.485 e. The van der Waals surface area contributed by atoms with E-state index in [0.717, 1.165) is 18.7 Å². The van der Waals surface area contributed by atoms with Crippen LogP contribution < -0.4 is 9.47 Å². The van der Waals surface area contributed by atoms with Crippen molar-refractivity contribution in [3.8, 4) is 11.5 Å². The van der Waals surface area contributed by atoms with Crippen LogP contribution in [0.3, 0.4) is 0 Å². The smallest absolute Gasteiger partial charge is 0.267 e. The molecule has 2 aromatic carbocycles. The summed E-state index contributed by atoms with van der Waals surface area (Å²) in [6.07, 6.45) is 4.76. The highest BCUT2D eigenvalue weighted by molar-refractivity contribution is 5.82. The van der Waals surface area contributed by atoms with Gasteiger partial charge >= 0.3 is 0 Å². The van der Waals surface area contributed by atoms with E-state index in [0.29, 0.717) is 24.6 Å². The minimum absolute atomic E-state index is 0.0736. The van der Waals surface area contributed by atoms with Crippen molar-refractivity contribution < 1.29 is 14.3 Å². The third kappa shape index (κ3) is 4.59. The molecule has 0 N–H and O–H groups in total. The van der Waals surface area contributed by atoms with Gasteiger partial charge in [-0.15, -0.1) is 0 Å². The number of para-hydroxylation sites is 2. The van der Waals surface area contributed by atoms with Gasteiger partial charge in [0, 0.05) is 26.0 Å². The van der Waals surface area contributed by atoms with Crippen molar-refractivity contribution in [2.45, 2.75) is 25.5 Å². The number of hydrogen-bond donors (Lipinski definition) is 0. The lowest BCUT2D eigenvalue weighted by Crippen LogP contribution is -2.46. The van der Waals surface area contributed by atoms with Gasteiger partial charge in [-0.25, -0.2) is 4.98 Å². The van der Waals surface area contributed by atoms with Crippen molar-refractivity contribution in [1.82, 2.24) is 14.5 Å². The molecule has 3 aromatic rings. The molecular formula is C23H25N3O3. The maximum absolute atomic E-state index is 13.3. The standard InChI is InChI=1S/C23H25N3O3/c1-25-15-13-24-22(25)16-26(14-7-10-18-8-3-2-4-9-18)23(27)21-17-28-19-11-5-6-12-20(19)29-21/h2-6,8-9,11-13,15,21H,7,10,14,16-17H2,1H3/t21-/m0/s1. The number of aryl methyl sites for hydroxylation is 2.